The molecule has 0 N–H and O–H groups in total. The second-order valence-electron chi connectivity index (χ2n) is 7.98. The van der Waals surface area contributed by atoms with E-state index in [0.717, 1.165) is 22.0 Å². The second-order valence-corrected chi connectivity index (χ2v) is 16.2. The fourth-order valence-corrected chi connectivity index (χ4v) is 7.94. The van der Waals surface area contributed by atoms with Gasteiger partial charge in [0.25, 0.3) is 0 Å². The van der Waals surface area contributed by atoms with Gasteiger partial charge in [-0.05, 0) is 48.5 Å². The van der Waals surface area contributed by atoms with Crippen LogP contribution < -0.4 is 0 Å². The van der Waals surface area contributed by atoms with E-state index < -0.39 is 8.09 Å². The van der Waals surface area contributed by atoms with Crippen molar-refractivity contribution in [3.63, 3.8) is 0 Å². The molecule has 0 radical (unpaired) electrons. The van der Waals surface area contributed by atoms with E-state index in [4.69, 9.17) is 35.5 Å². The molecule has 30 heavy (non-hydrogen) atoms. The van der Waals surface area contributed by atoms with Crippen molar-refractivity contribution in [2.75, 3.05) is 5.75 Å². The number of hydrogen-bond acceptors (Lipinski definition) is 6. The van der Waals surface area contributed by atoms with Gasteiger partial charge in [-0.15, -0.1) is 52.9 Å². The third kappa shape index (κ3) is 9.19. The van der Waals surface area contributed by atoms with Crippen molar-refractivity contribution in [1.29, 1.82) is 0 Å². The van der Waals surface area contributed by atoms with E-state index in [2.05, 4.69) is 42.3 Å². The smallest absolute Gasteiger partial charge is 0.140 e. The molecule has 0 atom stereocenters. The number of unbranched alkanes of at least 4 members (excludes halogenated alkanes) is 9. The number of thiocarbonyl (C=S) groups is 1. The first-order valence-electron chi connectivity index (χ1n) is 11.1. The van der Waals surface area contributed by atoms with Crippen LogP contribution in [0.25, 0.3) is 6.08 Å². The van der Waals surface area contributed by atoms with Gasteiger partial charge in [0, 0.05) is 16.2 Å². The molecular formula is C23H36N2S5. The quantitative estimate of drug-likeness (QED) is 0.115. The van der Waals surface area contributed by atoms with E-state index in [0.29, 0.717) is 0 Å². The summed E-state index contributed by atoms with van der Waals surface area (Å²) in [6, 6.07) is 0. The SMILES string of the molecule is CCCCCCCCCCCCS(S)(S)C1=C(C(C)=Cc2nncs2)CC(=S)C=C1. The van der Waals surface area contributed by atoms with Crippen LogP contribution in [0.15, 0.2) is 33.7 Å². The Morgan fingerprint density at radius 2 is 1.70 bits per heavy atom. The molecule has 0 saturated heterocycles. The minimum Gasteiger partial charge on any atom is -0.147 e. The molecule has 0 aliphatic heterocycles. The van der Waals surface area contributed by atoms with Crippen LogP contribution in [0.5, 0.6) is 0 Å². The number of aromatic nitrogens is 2. The molecule has 1 aliphatic rings. The minimum atomic E-state index is -1.44. The lowest BCUT2D eigenvalue weighted by molar-refractivity contribution is 0.563. The summed E-state index contributed by atoms with van der Waals surface area (Å²) >= 11 is 17.2. The Morgan fingerprint density at radius 3 is 2.30 bits per heavy atom. The molecule has 1 aliphatic carbocycles. The fourth-order valence-electron chi connectivity index (χ4n) is 3.65. The Labute approximate surface area is 204 Å². The number of hydrogen-bond donors (Lipinski definition) is 2. The monoisotopic (exact) mass is 500 g/mol. The maximum atomic E-state index is 5.49. The fraction of sp³-hybridized carbons (Fsp3) is 0.609. The molecule has 2 rings (SSSR count). The number of allylic oxidation sites excluding steroid dienone is 4. The normalized spacial score (nSPS) is 15.9. The zero-order valence-electron chi connectivity index (χ0n) is 18.3. The summed E-state index contributed by atoms with van der Waals surface area (Å²) in [5.74, 6) is 1.04. The van der Waals surface area contributed by atoms with Crippen LogP contribution in [0.3, 0.4) is 0 Å². The van der Waals surface area contributed by atoms with Crippen LogP contribution in [0.1, 0.15) is 89.5 Å². The van der Waals surface area contributed by atoms with E-state index in [1.807, 2.05) is 0 Å². The molecule has 0 spiro atoms. The van der Waals surface area contributed by atoms with Crippen molar-refractivity contribution in [3.8, 4) is 0 Å². The summed E-state index contributed by atoms with van der Waals surface area (Å²) in [6.07, 6.45) is 20.6. The molecule has 7 heteroatoms. The van der Waals surface area contributed by atoms with Gasteiger partial charge in [0.15, 0.2) is 0 Å². The highest BCUT2D eigenvalue weighted by Crippen LogP contribution is 2.66. The van der Waals surface area contributed by atoms with Crippen molar-refractivity contribution in [2.24, 2.45) is 0 Å². The van der Waals surface area contributed by atoms with Crippen molar-refractivity contribution in [2.45, 2.75) is 84.5 Å². The second kappa shape index (κ2) is 14.1. The molecule has 2 nitrogen and oxygen atoms in total. The van der Waals surface area contributed by atoms with Crippen molar-refractivity contribution in [1.82, 2.24) is 10.2 Å². The Morgan fingerprint density at radius 1 is 1.07 bits per heavy atom. The average Bonchev–Trinajstić information content (AvgIpc) is 3.22. The van der Waals surface area contributed by atoms with Crippen LogP contribution in [-0.4, -0.2) is 20.8 Å². The first-order valence-corrected chi connectivity index (χ1v) is 16.3. The Kier molecular flexibility index (Phi) is 12.3. The van der Waals surface area contributed by atoms with Gasteiger partial charge in [-0.2, -0.15) is 0 Å². The summed E-state index contributed by atoms with van der Waals surface area (Å²) in [6.45, 7) is 4.41. The predicted molar refractivity (Wildman–Crippen MR) is 149 cm³/mol. The minimum absolute atomic E-state index is 0.788. The molecule has 1 aromatic rings. The molecule has 0 unspecified atom stereocenters. The third-order valence-electron chi connectivity index (χ3n) is 5.40. The molecule has 0 bridgehead atoms. The van der Waals surface area contributed by atoms with Crippen LogP contribution in [0, 0.1) is 0 Å². The Balaban J connectivity index is 1.87. The van der Waals surface area contributed by atoms with Crippen molar-refractivity contribution in [3.05, 3.63) is 38.7 Å². The van der Waals surface area contributed by atoms with E-state index in [-0.39, 0.29) is 0 Å². The van der Waals surface area contributed by atoms with Crippen LogP contribution in [0.2, 0.25) is 0 Å². The van der Waals surface area contributed by atoms with Gasteiger partial charge < -0.3 is 0 Å². The summed E-state index contributed by atoms with van der Waals surface area (Å²) in [4.78, 5) is 2.23. The lowest BCUT2D eigenvalue weighted by Crippen LogP contribution is -2.07. The van der Waals surface area contributed by atoms with Gasteiger partial charge in [-0.3, -0.25) is 0 Å². The Hall–Kier alpha value is -0.0800. The molecule has 1 heterocycles. The molecule has 0 aromatic carbocycles. The highest BCUT2D eigenvalue weighted by Gasteiger charge is 2.25. The lowest BCUT2D eigenvalue weighted by Gasteiger charge is -2.34. The van der Waals surface area contributed by atoms with Crippen molar-refractivity contribution < 1.29 is 0 Å². The largest absolute Gasteiger partial charge is 0.147 e. The predicted octanol–water partition coefficient (Wildman–Crippen LogP) is 8.94. The maximum absolute atomic E-state index is 5.49. The lowest BCUT2D eigenvalue weighted by atomic mass is 9.98. The van der Waals surface area contributed by atoms with Gasteiger partial charge in [0.2, 0.25) is 0 Å². The van der Waals surface area contributed by atoms with Gasteiger partial charge in [0.1, 0.15) is 10.5 Å². The first-order chi connectivity index (χ1) is 14.4. The average molecular weight is 501 g/mol. The highest BCUT2D eigenvalue weighted by molar-refractivity contribution is 9.19. The van der Waals surface area contributed by atoms with Crippen LogP contribution in [-0.2, 0) is 0 Å². The number of nitrogens with zero attached hydrogens (tertiary/aromatic N) is 2. The zero-order chi connectivity index (χ0) is 21.8. The van der Waals surface area contributed by atoms with Crippen molar-refractivity contribution >= 4 is 65.9 Å². The molecule has 1 aromatic heterocycles. The molecule has 0 fully saturated rings. The summed E-state index contributed by atoms with van der Waals surface area (Å²) in [7, 11) is -1.44. The summed E-state index contributed by atoms with van der Waals surface area (Å²) in [5.41, 5.74) is 4.22. The van der Waals surface area contributed by atoms with Gasteiger partial charge >= 0.3 is 0 Å². The first kappa shape index (κ1) is 26.2. The summed E-state index contributed by atoms with van der Waals surface area (Å²) < 4.78 is 0. The molecule has 0 saturated carbocycles. The standard InChI is InChI=1S/C23H36N2S5/c1-3-4-5-6-7-8-9-10-11-12-15-30(27,28)22-14-13-20(26)17-21(22)19(2)16-23-25-24-18-29-23/h13-14,16,18,27-28H,3-12,15,17H2,1-2H3. The van der Waals surface area contributed by atoms with E-state index >= 15 is 0 Å². The summed E-state index contributed by atoms with van der Waals surface area (Å²) in [5, 5.41) is 9.01. The molecule has 0 amide bonds. The third-order valence-corrected chi connectivity index (χ3v) is 10.5. The topological polar surface area (TPSA) is 25.8 Å². The molecule has 168 valence electrons. The van der Waals surface area contributed by atoms with Crippen LogP contribution >= 0.6 is 55.0 Å². The van der Waals surface area contributed by atoms with E-state index in [9.17, 15) is 0 Å². The molecular weight excluding hydrogens is 465 g/mol. The maximum Gasteiger partial charge on any atom is 0.140 e. The van der Waals surface area contributed by atoms with Gasteiger partial charge in [-0.1, -0.05) is 76.9 Å². The number of thiol groups is 2. The number of rotatable bonds is 14. The van der Waals surface area contributed by atoms with Gasteiger partial charge in [0.05, 0.1) is 0 Å². The van der Waals surface area contributed by atoms with E-state index in [1.54, 1.807) is 16.8 Å². The zero-order valence-corrected chi connectivity index (χ0v) is 22.5. The highest BCUT2D eigenvalue weighted by atomic mass is 33.5. The Bertz CT molecular complexity index is 748. The van der Waals surface area contributed by atoms with Gasteiger partial charge in [-0.25, -0.2) is 0 Å². The van der Waals surface area contributed by atoms with Crippen LogP contribution in [0.4, 0.5) is 0 Å². The van der Waals surface area contributed by atoms with E-state index in [1.165, 1.54) is 80.3 Å².